The zero-order chi connectivity index (χ0) is 19.9. The summed E-state index contributed by atoms with van der Waals surface area (Å²) >= 11 is 0. The topological polar surface area (TPSA) is 75.3 Å². The van der Waals surface area contributed by atoms with Crippen molar-refractivity contribution in [2.45, 2.75) is 24.3 Å². The fraction of sp³-hybridized carbons (Fsp3) is 0.350. The fourth-order valence-electron chi connectivity index (χ4n) is 3.51. The standard InChI is InChI=1S/C20H22FN3O3S/c1-3-28(25,26)16-8-9-17-18(12-16)23-19(22-17)24-10-11-27-20(2,13-24)14-4-6-15(21)7-5-14/h4-9,12H,3,10-11,13H2,1-2H3,(H,22,23). The molecule has 148 valence electrons. The normalized spacial score (nSPS) is 20.6. The predicted octanol–water partition coefficient (Wildman–Crippen LogP) is 3.25. The highest BCUT2D eigenvalue weighted by molar-refractivity contribution is 7.91. The Kier molecular flexibility index (Phi) is 4.63. The quantitative estimate of drug-likeness (QED) is 0.724. The van der Waals surface area contributed by atoms with Crippen molar-refractivity contribution in [3.63, 3.8) is 0 Å². The molecule has 2 aromatic carbocycles. The van der Waals surface area contributed by atoms with E-state index in [2.05, 4.69) is 14.9 Å². The summed E-state index contributed by atoms with van der Waals surface area (Å²) in [5.74, 6) is 0.437. The molecule has 1 saturated heterocycles. The Bertz CT molecular complexity index is 1110. The molecule has 0 bridgehead atoms. The third kappa shape index (κ3) is 3.38. The van der Waals surface area contributed by atoms with Gasteiger partial charge in [0.15, 0.2) is 9.84 Å². The van der Waals surface area contributed by atoms with Crippen molar-refractivity contribution in [2.24, 2.45) is 0 Å². The number of aromatic amines is 1. The van der Waals surface area contributed by atoms with E-state index in [1.54, 1.807) is 37.3 Å². The number of hydrogen-bond acceptors (Lipinski definition) is 5. The van der Waals surface area contributed by atoms with Crippen molar-refractivity contribution in [3.05, 3.63) is 53.8 Å². The number of benzene rings is 2. The summed E-state index contributed by atoms with van der Waals surface area (Å²) in [6.45, 7) is 5.29. The highest BCUT2D eigenvalue weighted by Gasteiger charge is 2.35. The van der Waals surface area contributed by atoms with Gasteiger partial charge in [-0.3, -0.25) is 0 Å². The van der Waals surface area contributed by atoms with E-state index >= 15 is 0 Å². The van der Waals surface area contributed by atoms with Gasteiger partial charge in [-0.25, -0.2) is 17.8 Å². The van der Waals surface area contributed by atoms with Crippen LogP contribution < -0.4 is 4.90 Å². The number of anilines is 1. The molecule has 1 aliphatic rings. The largest absolute Gasteiger partial charge is 0.367 e. The average molecular weight is 403 g/mol. The SMILES string of the molecule is CCS(=O)(=O)c1ccc2nc(N3CCOC(C)(c4ccc(F)cc4)C3)[nH]c2c1. The van der Waals surface area contributed by atoms with Crippen LogP contribution >= 0.6 is 0 Å². The zero-order valence-electron chi connectivity index (χ0n) is 15.8. The maximum atomic E-state index is 13.3. The molecule has 1 aromatic heterocycles. The molecule has 1 aliphatic heterocycles. The molecule has 3 aromatic rings. The van der Waals surface area contributed by atoms with Crippen molar-refractivity contribution in [3.8, 4) is 0 Å². The Hall–Kier alpha value is -2.45. The molecule has 0 saturated carbocycles. The van der Waals surface area contributed by atoms with Crippen LogP contribution in [0.1, 0.15) is 19.4 Å². The first kappa shape index (κ1) is 18.9. The van der Waals surface area contributed by atoms with Crippen LogP contribution in [0.2, 0.25) is 0 Å². The molecule has 0 radical (unpaired) electrons. The Morgan fingerprint density at radius 3 is 2.71 bits per heavy atom. The summed E-state index contributed by atoms with van der Waals surface area (Å²) in [5, 5.41) is 0. The molecule has 0 amide bonds. The van der Waals surface area contributed by atoms with E-state index in [1.165, 1.54) is 12.1 Å². The van der Waals surface area contributed by atoms with Gasteiger partial charge in [0.2, 0.25) is 5.95 Å². The summed E-state index contributed by atoms with van der Waals surface area (Å²) in [7, 11) is -3.28. The molecule has 1 fully saturated rings. The summed E-state index contributed by atoms with van der Waals surface area (Å²) in [5.41, 5.74) is 1.69. The minimum absolute atomic E-state index is 0.0546. The number of halogens is 1. The predicted molar refractivity (Wildman–Crippen MR) is 106 cm³/mol. The van der Waals surface area contributed by atoms with E-state index in [0.717, 1.165) is 5.56 Å². The van der Waals surface area contributed by atoms with E-state index in [9.17, 15) is 12.8 Å². The Morgan fingerprint density at radius 1 is 1.25 bits per heavy atom. The molecule has 4 rings (SSSR count). The van der Waals surface area contributed by atoms with E-state index in [4.69, 9.17) is 4.74 Å². The van der Waals surface area contributed by atoms with Gasteiger partial charge >= 0.3 is 0 Å². The van der Waals surface area contributed by atoms with E-state index < -0.39 is 15.4 Å². The third-order valence-corrected chi connectivity index (χ3v) is 6.94. The molecule has 2 heterocycles. The lowest BCUT2D eigenvalue weighted by molar-refractivity contribution is -0.0470. The number of imidazole rings is 1. The molecule has 1 N–H and O–H groups in total. The van der Waals surface area contributed by atoms with Gasteiger partial charge < -0.3 is 14.6 Å². The summed E-state index contributed by atoms with van der Waals surface area (Å²) in [6, 6.07) is 11.3. The summed E-state index contributed by atoms with van der Waals surface area (Å²) in [4.78, 5) is 10.2. The first-order valence-corrected chi connectivity index (χ1v) is 10.8. The third-order valence-electron chi connectivity index (χ3n) is 5.21. The Labute approximate surface area is 163 Å². The second-order valence-electron chi connectivity index (χ2n) is 7.15. The van der Waals surface area contributed by atoms with Crippen LogP contribution in [-0.2, 0) is 20.2 Å². The average Bonchev–Trinajstić information content (AvgIpc) is 3.12. The highest BCUT2D eigenvalue weighted by atomic mass is 32.2. The van der Waals surface area contributed by atoms with Crippen molar-refractivity contribution >= 4 is 26.8 Å². The number of rotatable bonds is 4. The number of hydrogen-bond donors (Lipinski definition) is 1. The zero-order valence-corrected chi connectivity index (χ0v) is 16.6. The summed E-state index contributed by atoms with van der Waals surface area (Å²) in [6.07, 6.45) is 0. The van der Waals surface area contributed by atoms with Crippen LogP contribution in [0.4, 0.5) is 10.3 Å². The van der Waals surface area contributed by atoms with Crippen LogP contribution in [0.25, 0.3) is 11.0 Å². The van der Waals surface area contributed by atoms with Crippen molar-refractivity contribution < 1.29 is 17.5 Å². The van der Waals surface area contributed by atoms with Crippen LogP contribution in [0.15, 0.2) is 47.4 Å². The van der Waals surface area contributed by atoms with Crippen molar-refractivity contribution in [1.82, 2.24) is 9.97 Å². The molecule has 8 heteroatoms. The van der Waals surface area contributed by atoms with Gasteiger partial charge in [0.25, 0.3) is 0 Å². The van der Waals surface area contributed by atoms with Gasteiger partial charge in [-0.1, -0.05) is 19.1 Å². The number of morpholine rings is 1. The van der Waals surface area contributed by atoms with Crippen LogP contribution in [0, 0.1) is 5.82 Å². The summed E-state index contributed by atoms with van der Waals surface area (Å²) < 4.78 is 43.5. The minimum Gasteiger partial charge on any atom is -0.367 e. The lowest BCUT2D eigenvalue weighted by atomic mass is 9.94. The Balaban J connectivity index is 1.65. The molecule has 0 spiro atoms. The lowest BCUT2D eigenvalue weighted by Crippen LogP contribution is -2.48. The number of nitrogens with zero attached hydrogens (tertiary/aromatic N) is 2. The molecule has 0 aliphatic carbocycles. The van der Waals surface area contributed by atoms with E-state index in [-0.39, 0.29) is 16.5 Å². The Morgan fingerprint density at radius 2 is 2.00 bits per heavy atom. The monoisotopic (exact) mass is 403 g/mol. The first-order valence-electron chi connectivity index (χ1n) is 9.18. The van der Waals surface area contributed by atoms with Gasteiger partial charge in [0, 0.05) is 6.54 Å². The van der Waals surface area contributed by atoms with E-state index in [1.807, 2.05) is 6.92 Å². The molecule has 1 unspecified atom stereocenters. The molecule has 1 atom stereocenters. The molecular formula is C20H22FN3O3S. The highest BCUT2D eigenvalue weighted by Crippen LogP contribution is 2.32. The van der Waals surface area contributed by atoms with E-state index in [0.29, 0.717) is 36.7 Å². The number of fused-ring (bicyclic) bond motifs is 1. The lowest BCUT2D eigenvalue weighted by Gasteiger charge is -2.40. The van der Waals surface area contributed by atoms with Crippen LogP contribution in [0.5, 0.6) is 0 Å². The van der Waals surface area contributed by atoms with Gasteiger partial charge in [0.1, 0.15) is 11.4 Å². The van der Waals surface area contributed by atoms with Crippen LogP contribution in [-0.4, -0.2) is 43.8 Å². The van der Waals surface area contributed by atoms with Crippen LogP contribution in [0.3, 0.4) is 0 Å². The minimum atomic E-state index is -3.28. The van der Waals surface area contributed by atoms with Gasteiger partial charge in [-0.15, -0.1) is 0 Å². The van der Waals surface area contributed by atoms with Gasteiger partial charge in [-0.05, 0) is 42.8 Å². The van der Waals surface area contributed by atoms with Crippen molar-refractivity contribution in [1.29, 1.82) is 0 Å². The van der Waals surface area contributed by atoms with Crippen molar-refractivity contribution in [2.75, 3.05) is 30.3 Å². The number of H-pyrrole nitrogens is 1. The van der Waals surface area contributed by atoms with Gasteiger partial charge in [0.05, 0.1) is 34.8 Å². The number of nitrogens with one attached hydrogen (secondary N) is 1. The first-order chi connectivity index (χ1) is 13.3. The maximum Gasteiger partial charge on any atom is 0.204 e. The smallest absolute Gasteiger partial charge is 0.204 e. The molecule has 28 heavy (non-hydrogen) atoms. The number of ether oxygens (including phenoxy) is 1. The molecular weight excluding hydrogens is 381 g/mol. The maximum absolute atomic E-state index is 13.3. The van der Waals surface area contributed by atoms with Gasteiger partial charge in [-0.2, -0.15) is 0 Å². The number of aromatic nitrogens is 2. The fourth-order valence-corrected chi connectivity index (χ4v) is 4.42. The molecule has 6 nitrogen and oxygen atoms in total. The second kappa shape index (κ2) is 6.86. The number of sulfone groups is 1. The second-order valence-corrected chi connectivity index (χ2v) is 9.43.